The van der Waals surface area contributed by atoms with Crippen LogP contribution in [-0.4, -0.2) is 68.4 Å². The number of alkyl halides is 9. The second-order valence-corrected chi connectivity index (χ2v) is 5.69. The molecule has 0 saturated carbocycles. The molecule has 0 heterocycles. The molecular weight excluding hydrogens is 366 g/mol. The number of hydrogen-bond acceptors (Lipinski definition) is 3. The van der Waals surface area contributed by atoms with Gasteiger partial charge in [0.05, 0.1) is 15.9 Å². The summed E-state index contributed by atoms with van der Waals surface area (Å²) < 4.78 is 144. The predicted molar refractivity (Wildman–Crippen MR) is 54.8 cm³/mol. The van der Waals surface area contributed by atoms with E-state index in [-0.39, 0.29) is 18.9 Å². The van der Waals surface area contributed by atoms with Crippen molar-refractivity contribution in [1.82, 2.24) is 0 Å². The van der Waals surface area contributed by atoms with E-state index in [0.717, 1.165) is 0 Å². The minimum Gasteiger partial charge on any atom is -0.748 e. The van der Waals surface area contributed by atoms with Crippen molar-refractivity contribution in [3.8, 4) is 0 Å². The fraction of sp³-hybridized carbons (Fsp3) is 1.00. The molecule has 3 nitrogen and oxygen atoms in total. The SMILES string of the molecule is O=S(=O)([O-])CC(F)C(F)C(F)C(F)C(F)C(F)C(F)C(F)F.[Li+]. The maximum Gasteiger partial charge on any atom is 1.00 e. The molecule has 0 aliphatic heterocycles. The molecule has 0 aliphatic rings. The fourth-order valence-electron chi connectivity index (χ4n) is 1.33. The largest absolute Gasteiger partial charge is 1.00 e. The van der Waals surface area contributed by atoms with Gasteiger partial charge in [0.25, 0.3) is 6.43 Å². The van der Waals surface area contributed by atoms with Gasteiger partial charge in [-0.1, -0.05) is 0 Å². The van der Waals surface area contributed by atoms with Crippen LogP contribution in [0.5, 0.6) is 0 Å². The second-order valence-electron chi connectivity index (χ2n) is 4.24. The Morgan fingerprint density at radius 3 is 1.26 bits per heavy atom. The Bertz CT molecular complexity index is 440. The summed E-state index contributed by atoms with van der Waals surface area (Å²) in [4.78, 5) is 0. The summed E-state index contributed by atoms with van der Waals surface area (Å²) in [6, 6.07) is 0. The Balaban J connectivity index is 0. The van der Waals surface area contributed by atoms with Crippen molar-refractivity contribution in [1.29, 1.82) is 0 Å². The number of rotatable bonds is 9. The molecule has 23 heavy (non-hydrogen) atoms. The van der Waals surface area contributed by atoms with E-state index in [1.807, 2.05) is 0 Å². The third kappa shape index (κ3) is 8.00. The first-order valence-corrected chi connectivity index (χ1v) is 7.07. The van der Waals surface area contributed by atoms with Gasteiger partial charge >= 0.3 is 18.9 Å². The van der Waals surface area contributed by atoms with Crippen LogP contribution in [-0.2, 0) is 10.1 Å². The monoisotopic (exact) mass is 376 g/mol. The van der Waals surface area contributed by atoms with Crippen LogP contribution in [0.15, 0.2) is 0 Å². The van der Waals surface area contributed by atoms with Crippen molar-refractivity contribution >= 4 is 10.1 Å². The molecule has 0 aromatic carbocycles. The molecule has 0 radical (unpaired) electrons. The molecular formula is C9H10F9LiO3S. The summed E-state index contributed by atoms with van der Waals surface area (Å²) >= 11 is 0. The van der Waals surface area contributed by atoms with Crippen LogP contribution in [0.3, 0.4) is 0 Å². The molecule has 0 aliphatic carbocycles. The van der Waals surface area contributed by atoms with Crippen LogP contribution in [0.4, 0.5) is 39.5 Å². The first-order chi connectivity index (χ1) is 9.79. The van der Waals surface area contributed by atoms with Gasteiger partial charge in [-0.2, -0.15) is 0 Å². The van der Waals surface area contributed by atoms with Crippen LogP contribution in [0, 0.1) is 0 Å². The summed E-state index contributed by atoms with van der Waals surface area (Å²) in [7, 11) is -5.37. The van der Waals surface area contributed by atoms with Gasteiger partial charge in [-0.15, -0.1) is 0 Å². The van der Waals surface area contributed by atoms with Crippen LogP contribution in [0.2, 0.25) is 0 Å². The quantitative estimate of drug-likeness (QED) is 0.300. The Labute approximate surface area is 137 Å². The zero-order chi connectivity index (χ0) is 17.8. The van der Waals surface area contributed by atoms with E-state index in [1.165, 1.54) is 0 Å². The minimum absolute atomic E-state index is 0. The summed E-state index contributed by atoms with van der Waals surface area (Å²) in [6.07, 6.45) is -30.5. The van der Waals surface area contributed by atoms with Gasteiger partial charge in [-0.05, 0) is 0 Å². The van der Waals surface area contributed by atoms with E-state index in [0.29, 0.717) is 0 Å². The smallest absolute Gasteiger partial charge is 0.748 e. The Hall–Kier alpha value is -0.123. The third-order valence-corrected chi connectivity index (χ3v) is 3.20. The molecule has 0 aromatic rings. The summed E-state index contributed by atoms with van der Waals surface area (Å²) in [5, 5.41) is 0. The topological polar surface area (TPSA) is 57.2 Å². The van der Waals surface area contributed by atoms with Gasteiger partial charge < -0.3 is 4.55 Å². The summed E-state index contributed by atoms with van der Waals surface area (Å²) in [5.41, 5.74) is 0. The molecule has 0 rings (SSSR count). The van der Waals surface area contributed by atoms with E-state index in [1.54, 1.807) is 0 Å². The molecule has 0 spiro atoms. The number of hydrogen-bond donors (Lipinski definition) is 0. The van der Waals surface area contributed by atoms with Gasteiger partial charge in [0, 0.05) is 0 Å². The molecule has 0 N–H and O–H groups in total. The molecule has 7 unspecified atom stereocenters. The molecule has 0 fully saturated rings. The Morgan fingerprint density at radius 1 is 0.652 bits per heavy atom. The van der Waals surface area contributed by atoms with Crippen LogP contribution in [0.25, 0.3) is 0 Å². The van der Waals surface area contributed by atoms with E-state index >= 15 is 0 Å². The van der Waals surface area contributed by atoms with Gasteiger partial charge in [0.1, 0.15) is 6.17 Å². The molecule has 0 amide bonds. The Kier molecular flexibility index (Phi) is 10.9. The zero-order valence-corrected chi connectivity index (χ0v) is 12.2. The fourth-order valence-corrected chi connectivity index (χ4v) is 1.90. The average molecular weight is 376 g/mol. The molecule has 0 bridgehead atoms. The van der Waals surface area contributed by atoms with E-state index in [9.17, 15) is 52.5 Å². The molecule has 0 aromatic heterocycles. The van der Waals surface area contributed by atoms with Crippen LogP contribution in [0.1, 0.15) is 0 Å². The first-order valence-electron chi connectivity index (χ1n) is 5.49. The van der Waals surface area contributed by atoms with Gasteiger partial charge in [-0.3, -0.25) is 0 Å². The van der Waals surface area contributed by atoms with Gasteiger partial charge in [0.2, 0.25) is 0 Å². The maximum atomic E-state index is 13.1. The van der Waals surface area contributed by atoms with Crippen molar-refractivity contribution in [3.05, 3.63) is 0 Å². The molecule has 134 valence electrons. The van der Waals surface area contributed by atoms with Gasteiger partial charge in [0.15, 0.2) is 37.0 Å². The maximum absolute atomic E-state index is 13.1. The van der Waals surface area contributed by atoms with Crippen molar-refractivity contribution in [2.75, 3.05) is 5.75 Å². The minimum atomic E-state index is -5.37. The third-order valence-electron chi connectivity index (χ3n) is 2.47. The van der Waals surface area contributed by atoms with Crippen LogP contribution < -0.4 is 18.9 Å². The zero-order valence-electron chi connectivity index (χ0n) is 11.4. The normalized spacial score (nSPS) is 21.7. The number of halogens is 9. The Morgan fingerprint density at radius 2 is 0.957 bits per heavy atom. The summed E-state index contributed by atoms with van der Waals surface area (Å²) in [6.45, 7) is 0. The van der Waals surface area contributed by atoms with E-state index in [4.69, 9.17) is 0 Å². The predicted octanol–water partition coefficient (Wildman–Crippen LogP) is -0.833. The molecule has 7 atom stereocenters. The van der Waals surface area contributed by atoms with Gasteiger partial charge in [-0.25, -0.2) is 47.9 Å². The van der Waals surface area contributed by atoms with Crippen molar-refractivity contribution in [3.63, 3.8) is 0 Å². The second kappa shape index (κ2) is 10.0. The van der Waals surface area contributed by atoms with Crippen molar-refractivity contribution in [2.24, 2.45) is 0 Å². The first kappa shape index (κ1) is 25.1. The summed E-state index contributed by atoms with van der Waals surface area (Å²) in [5.74, 6) is -2.11. The average Bonchev–Trinajstić information content (AvgIpc) is 2.40. The van der Waals surface area contributed by atoms with E-state index in [2.05, 4.69) is 0 Å². The van der Waals surface area contributed by atoms with E-state index < -0.39 is 65.5 Å². The van der Waals surface area contributed by atoms with Crippen LogP contribution >= 0.6 is 0 Å². The van der Waals surface area contributed by atoms with Crippen molar-refractivity contribution < 1.29 is 71.3 Å². The molecule has 0 saturated heterocycles. The van der Waals surface area contributed by atoms with Crippen molar-refractivity contribution in [2.45, 2.75) is 49.6 Å². The standard InChI is InChI=1S/C9H11F9O3S.Li/c10-2(1-22(19,20)21)3(11)4(12)5(13)6(14)7(15)8(16)9(17)18;/h2-9H,1H2,(H,19,20,21);/q;+1/p-1. The molecule has 14 heteroatoms.